The Kier molecular flexibility index (Phi) is 4.82. The van der Waals surface area contributed by atoms with Crippen molar-refractivity contribution in [3.8, 4) is 0 Å². The number of carbonyl (C=O) groups is 1. The molecule has 0 aromatic carbocycles. The number of nitrogens with one attached hydrogen (secondary N) is 1. The standard InChI is InChI=1S/C22H24ClFN4O3/c1-10-17-19(28(16-6-14(16)24)9-13(20(17)29)22(30)31)18(23)21(26-10)27-7-11-4-3-5-15(25-2)12(11)8-27/h3,5,9,11-12,14-16,25H,4,6-8H2,1-2H3,(H,30,31)/t11-,12+,14+,15-,16-/m1/s1. The average Bonchev–Trinajstić information content (AvgIpc) is 3.30. The van der Waals surface area contributed by atoms with Gasteiger partial charge in [-0.2, -0.15) is 0 Å². The highest BCUT2D eigenvalue weighted by atomic mass is 35.5. The smallest absolute Gasteiger partial charge is 0.341 e. The van der Waals surface area contributed by atoms with Crippen LogP contribution in [-0.4, -0.2) is 53.0 Å². The van der Waals surface area contributed by atoms with Gasteiger partial charge in [0.1, 0.15) is 22.6 Å². The molecule has 2 aromatic rings. The molecule has 7 nitrogen and oxygen atoms in total. The first kappa shape index (κ1) is 20.5. The molecule has 1 saturated carbocycles. The molecular formula is C22H24ClFN4O3. The first-order valence-corrected chi connectivity index (χ1v) is 10.9. The predicted octanol–water partition coefficient (Wildman–Crippen LogP) is 2.94. The highest BCUT2D eigenvalue weighted by molar-refractivity contribution is 6.37. The fourth-order valence-electron chi connectivity index (χ4n) is 5.20. The minimum Gasteiger partial charge on any atom is -0.477 e. The molecule has 1 saturated heterocycles. The normalized spacial score (nSPS) is 29.4. The quantitative estimate of drug-likeness (QED) is 0.702. The molecule has 3 heterocycles. The molecule has 9 heteroatoms. The van der Waals surface area contributed by atoms with Gasteiger partial charge in [-0.3, -0.25) is 4.79 Å². The van der Waals surface area contributed by atoms with E-state index < -0.39 is 29.2 Å². The van der Waals surface area contributed by atoms with Crippen LogP contribution in [0.4, 0.5) is 10.2 Å². The predicted molar refractivity (Wildman–Crippen MR) is 117 cm³/mol. The van der Waals surface area contributed by atoms with Gasteiger partial charge < -0.3 is 19.9 Å². The topological polar surface area (TPSA) is 87.5 Å². The molecule has 1 aliphatic heterocycles. The van der Waals surface area contributed by atoms with Crippen molar-refractivity contribution in [1.29, 1.82) is 0 Å². The fraction of sp³-hybridized carbons (Fsp3) is 0.500. The maximum absolute atomic E-state index is 14.0. The van der Waals surface area contributed by atoms with E-state index in [9.17, 15) is 19.1 Å². The summed E-state index contributed by atoms with van der Waals surface area (Å²) in [4.78, 5) is 31.3. The first-order valence-electron chi connectivity index (χ1n) is 10.5. The molecule has 3 aliphatic rings. The Morgan fingerprint density at radius 2 is 2.13 bits per heavy atom. The summed E-state index contributed by atoms with van der Waals surface area (Å²) in [5, 5.41) is 13.3. The van der Waals surface area contributed by atoms with Crippen LogP contribution < -0.4 is 15.6 Å². The highest BCUT2D eigenvalue weighted by Crippen LogP contribution is 2.44. The van der Waals surface area contributed by atoms with Crippen LogP contribution in [0.3, 0.4) is 0 Å². The van der Waals surface area contributed by atoms with E-state index in [0.29, 0.717) is 28.9 Å². The van der Waals surface area contributed by atoms with Gasteiger partial charge in [0.25, 0.3) is 0 Å². The van der Waals surface area contributed by atoms with Gasteiger partial charge >= 0.3 is 5.97 Å². The Balaban J connectivity index is 1.67. The van der Waals surface area contributed by atoms with Crippen molar-refractivity contribution in [2.45, 2.75) is 38.0 Å². The average molecular weight is 447 g/mol. The Morgan fingerprint density at radius 3 is 2.77 bits per heavy atom. The van der Waals surface area contributed by atoms with E-state index in [4.69, 9.17) is 11.6 Å². The van der Waals surface area contributed by atoms with Crippen molar-refractivity contribution in [2.75, 3.05) is 25.0 Å². The summed E-state index contributed by atoms with van der Waals surface area (Å²) in [5.74, 6) is 0.111. The van der Waals surface area contributed by atoms with E-state index in [1.54, 1.807) is 6.92 Å². The van der Waals surface area contributed by atoms with E-state index in [2.05, 4.69) is 27.4 Å². The van der Waals surface area contributed by atoms with Crippen LogP contribution in [-0.2, 0) is 0 Å². The van der Waals surface area contributed by atoms with Crippen molar-refractivity contribution in [1.82, 2.24) is 14.9 Å². The summed E-state index contributed by atoms with van der Waals surface area (Å²) in [6.45, 7) is 3.24. The monoisotopic (exact) mass is 446 g/mol. The number of carboxylic acid groups (broad SMARTS) is 1. The zero-order valence-corrected chi connectivity index (χ0v) is 18.1. The summed E-state index contributed by atoms with van der Waals surface area (Å²) < 4.78 is 15.5. The van der Waals surface area contributed by atoms with E-state index >= 15 is 0 Å². The van der Waals surface area contributed by atoms with Crippen LogP contribution in [0.5, 0.6) is 0 Å². The van der Waals surface area contributed by atoms with Crippen LogP contribution in [0.25, 0.3) is 10.9 Å². The zero-order valence-electron chi connectivity index (χ0n) is 17.3. The molecule has 0 unspecified atom stereocenters. The van der Waals surface area contributed by atoms with E-state index in [1.807, 2.05) is 7.05 Å². The Labute approximate surface area is 183 Å². The summed E-state index contributed by atoms with van der Waals surface area (Å²) in [7, 11) is 1.95. The maximum Gasteiger partial charge on any atom is 0.341 e. The zero-order chi connectivity index (χ0) is 22.0. The van der Waals surface area contributed by atoms with Crippen molar-refractivity contribution >= 4 is 34.3 Å². The number of aromatic nitrogens is 2. The van der Waals surface area contributed by atoms with Gasteiger partial charge in [0, 0.05) is 37.7 Å². The molecule has 2 aromatic heterocycles. The Hall–Kier alpha value is -2.45. The molecule has 2 aliphatic carbocycles. The molecule has 2 N–H and O–H groups in total. The number of nitrogens with zero attached hydrogens (tertiary/aromatic N) is 3. The SMILES string of the molecule is CN[C@@H]1C=CC[C@@H]2CN(c3nc(C)c4c(=O)c(C(=O)O)cn([C@@H]5C[C@@H]5F)c4c3Cl)C[C@@H]21. The fourth-order valence-corrected chi connectivity index (χ4v) is 5.56. The lowest BCUT2D eigenvalue weighted by Crippen LogP contribution is -2.38. The Bertz CT molecular complexity index is 1180. The summed E-state index contributed by atoms with van der Waals surface area (Å²) in [6, 6.07) is -0.244. The third kappa shape index (κ3) is 3.15. The number of hydrogen-bond acceptors (Lipinski definition) is 5. The van der Waals surface area contributed by atoms with E-state index in [1.165, 1.54) is 10.8 Å². The molecule has 0 bridgehead atoms. The van der Waals surface area contributed by atoms with Crippen LogP contribution >= 0.6 is 11.6 Å². The van der Waals surface area contributed by atoms with Gasteiger partial charge in [-0.1, -0.05) is 23.8 Å². The lowest BCUT2D eigenvalue weighted by atomic mass is 9.82. The van der Waals surface area contributed by atoms with Gasteiger partial charge in [-0.15, -0.1) is 0 Å². The number of anilines is 1. The lowest BCUT2D eigenvalue weighted by Gasteiger charge is -2.28. The molecule has 0 amide bonds. The molecule has 0 spiro atoms. The minimum atomic E-state index is -1.34. The second kappa shape index (κ2) is 7.31. The second-order valence-corrected chi connectivity index (χ2v) is 9.15. The van der Waals surface area contributed by atoms with Crippen molar-refractivity contribution in [3.63, 3.8) is 0 Å². The second-order valence-electron chi connectivity index (χ2n) is 8.77. The maximum atomic E-state index is 14.0. The molecule has 0 radical (unpaired) electrons. The summed E-state index contributed by atoms with van der Waals surface area (Å²) >= 11 is 6.82. The Morgan fingerprint density at radius 1 is 1.39 bits per heavy atom. The number of carboxylic acids is 1. The van der Waals surface area contributed by atoms with Crippen LogP contribution in [0.2, 0.25) is 5.02 Å². The summed E-state index contributed by atoms with van der Waals surface area (Å²) in [5.41, 5.74) is -0.244. The van der Waals surface area contributed by atoms with Crippen molar-refractivity contribution in [3.05, 3.63) is 44.9 Å². The van der Waals surface area contributed by atoms with Gasteiger partial charge in [0.05, 0.1) is 22.6 Å². The van der Waals surface area contributed by atoms with Gasteiger partial charge in [-0.25, -0.2) is 14.2 Å². The number of hydrogen-bond donors (Lipinski definition) is 2. The molecule has 5 atom stereocenters. The van der Waals surface area contributed by atoms with Crippen molar-refractivity contribution < 1.29 is 14.3 Å². The molecule has 2 fully saturated rings. The largest absolute Gasteiger partial charge is 0.477 e. The highest BCUT2D eigenvalue weighted by Gasteiger charge is 2.42. The number of pyridine rings is 2. The van der Waals surface area contributed by atoms with E-state index in [0.717, 1.165) is 19.5 Å². The number of likely N-dealkylation sites (N-methyl/N-ethyl adjacent to an activating group) is 1. The number of aromatic carboxylic acids is 1. The van der Waals surface area contributed by atoms with Crippen molar-refractivity contribution in [2.24, 2.45) is 11.8 Å². The van der Waals surface area contributed by atoms with Gasteiger partial charge in [0.15, 0.2) is 0 Å². The van der Waals surface area contributed by atoms with Crippen LogP contribution in [0.15, 0.2) is 23.1 Å². The first-order chi connectivity index (χ1) is 14.8. The number of aryl methyl sites for hydroxylation is 1. The van der Waals surface area contributed by atoms with E-state index in [-0.39, 0.29) is 22.9 Å². The van der Waals surface area contributed by atoms with Gasteiger partial charge in [-0.05, 0) is 26.3 Å². The number of rotatable bonds is 4. The lowest BCUT2D eigenvalue weighted by molar-refractivity contribution is 0.0694. The summed E-state index contributed by atoms with van der Waals surface area (Å²) in [6.07, 6.45) is 5.81. The number of fused-ring (bicyclic) bond motifs is 2. The minimum absolute atomic E-state index is 0.152. The number of allylic oxidation sites excluding steroid dienone is 1. The number of halogens is 2. The molecule has 164 valence electrons. The molecule has 31 heavy (non-hydrogen) atoms. The molecular weight excluding hydrogens is 423 g/mol. The van der Waals surface area contributed by atoms with Gasteiger partial charge in [0.2, 0.25) is 5.43 Å². The number of alkyl halides is 1. The van der Waals surface area contributed by atoms with Crippen LogP contribution in [0.1, 0.15) is 34.9 Å². The third-order valence-corrected chi connectivity index (χ3v) is 7.26. The third-order valence-electron chi connectivity index (χ3n) is 6.91. The van der Waals surface area contributed by atoms with Crippen LogP contribution in [0, 0.1) is 18.8 Å². The molecule has 5 rings (SSSR count).